The highest BCUT2D eigenvalue weighted by Gasteiger charge is 2.16. The monoisotopic (exact) mass is 248 g/mol. The molecule has 98 valence electrons. The lowest BCUT2D eigenvalue weighted by Gasteiger charge is -2.28. The normalized spacial score (nSPS) is 16.5. The highest BCUT2D eigenvalue weighted by atomic mass is 16.1. The van der Waals surface area contributed by atoms with E-state index >= 15 is 0 Å². The quantitative estimate of drug-likeness (QED) is 0.819. The van der Waals surface area contributed by atoms with E-state index in [2.05, 4.69) is 15.2 Å². The van der Waals surface area contributed by atoms with E-state index in [0.717, 1.165) is 25.5 Å². The minimum absolute atomic E-state index is 0.408. The number of nitrogens with two attached hydrogens (primary N) is 1. The number of pyridine rings is 1. The van der Waals surface area contributed by atoms with Gasteiger partial charge in [0.05, 0.1) is 0 Å². The predicted octanol–water partition coefficient (Wildman–Crippen LogP) is 0.616. The summed E-state index contributed by atoms with van der Waals surface area (Å²) in [6.45, 7) is 3.15. The van der Waals surface area contributed by atoms with Crippen molar-refractivity contribution in [1.29, 1.82) is 0 Å². The van der Waals surface area contributed by atoms with Gasteiger partial charge in [0.1, 0.15) is 5.82 Å². The molecule has 18 heavy (non-hydrogen) atoms. The van der Waals surface area contributed by atoms with E-state index in [1.165, 1.54) is 12.8 Å². The molecule has 1 aromatic heterocycles. The van der Waals surface area contributed by atoms with Crippen molar-refractivity contribution in [1.82, 2.24) is 10.3 Å². The molecular weight excluding hydrogens is 228 g/mol. The molecule has 1 amide bonds. The number of hydrogen-bond donors (Lipinski definition) is 2. The van der Waals surface area contributed by atoms with Crippen LogP contribution in [-0.2, 0) is 0 Å². The average molecular weight is 248 g/mol. The molecule has 1 saturated heterocycles. The zero-order valence-electron chi connectivity index (χ0n) is 10.7. The smallest absolute Gasteiger partial charge is 0.248 e. The molecule has 0 bridgehead atoms. The summed E-state index contributed by atoms with van der Waals surface area (Å²) in [5.74, 6) is 1.09. The highest BCUT2D eigenvalue weighted by Crippen LogP contribution is 2.17. The van der Waals surface area contributed by atoms with Crippen LogP contribution in [0, 0.1) is 5.92 Å². The lowest BCUT2D eigenvalue weighted by Crippen LogP contribution is -2.34. The van der Waals surface area contributed by atoms with Gasteiger partial charge in [-0.15, -0.1) is 0 Å². The van der Waals surface area contributed by atoms with Crippen LogP contribution in [0.5, 0.6) is 0 Å². The summed E-state index contributed by atoms with van der Waals surface area (Å²) in [5.41, 5.74) is 5.78. The fourth-order valence-corrected chi connectivity index (χ4v) is 2.33. The highest BCUT2D eigenvalue weighted by molar-refractivity contribution is 5.93. The Balaban J connectivity index is 2.01. The van der Waals surface area contributed by atoms with Crippen LogP contribution >= 0.6 is 0 Å². The van der Waals surface area contributed by atoms with E-state index in [1.54, 1.807) is 18.3 Å². The van der Waals surface area contributed by atoms with Crippen molar-refractivity contribution in [3.63, 3.8) is 0 Å². The molecule has 3 N–H and O–H groups in total. The summed E-state index contributed by atoms with van der Waals surface area (Å²) in [4.78, 5) is 17.5. The molecule has 2 heterocycles. The molecule has 1 aromatic rings. The zero-order chi connectivity index (χ0) is 13.0. The number of anilines is 1. The second-order valence-electron chi connectivity index (χ2n) is 4.84. The largest absolute Gasteiger partial charge is 0.366 e. The fourth-order valence-electron chi connectivity index (χ4n) is 2.33. The Bertz CT molecular complexity index is 415. The van der Waals surface area contributed by atoms with E-state index < -0.39 is 5.91 Å². The first-order chi connectivity index (χ1) is 8.66. The van der Waals surface area contributed by atoms with Gasteiger partial charge in [0.25, 0.3) is 0 Å². The number of amides is 1. The molecule has 0 spiro atoms. The van der Waals surface area contributed by atoms with Crippen LogP contribution in [0.15, 0.2) is 18.3 Å². The molecule has 0 saturated carbocycles. The summed E-state index contributed by atoms with van der Waals surface area (Å²) in [6, 6.07) is 3.40. The van der Waals surface area contributed by atoms with E-state index in [9.17, 15) is 4.79 Å². The van der Waals surface area contributed by atoms with Crippen molar-refractivity contribution in [2.75, 3.05) is 31.6 Å². The lowest BCUT2D eigenvalue weighted by molar-refractivity contribution is 0.1000. The van der Waals surface area contributed by atoms with Crippen LogP contribution in [0.1, 0.15) is 23.2 Å². The number of aromatic nitrogens is 1. The van der Waals surface area contributed by atoms with Gasteiger partial charge in [-0.1, -0.05) is 0 Å². The molecule has 0 radical (unpaired) electrons. The molecular formula is C13H20N4O. The summed E-state index contributed by atoms with van der Waals surface area (Å²) in [5, 5.41) is 3.36. The Labute approximate surface area is 107 Å². The SMILES string of the molecule is CN(CC1CCNCC1)c1cc(C(N)=O)ccn1. The van der Waals surface area contributed by atoms with Crippen LogP contribution in [0.3, 0.4) is 0 Å². The van der Waals surface area contributed by atoms with Gasteiger partial charge in [0.15, 0.2) is 0 Å². The van der Waals surface area contributed by atoms with Gasteiger partial charge in [0.2, 0.25) is 5.91 Å². The predicted molar refractivity (Wildman–Crippen MR) is 71.6 cm³/mol. The molecule has 1 aliphatic heterocycles. The minimum atomic E-state index is -0.408. The Kier molecular flexibility index (Phi) is 4.15. The number of carbonyl (C=O) groups excluding carboxylic acids is 1. The van der Waals surface area contributed by atoms with Crippen molar-refractivity contribution >= 4 is 11.7 Å². The summed E-state index contributed by atoms with van der Waals surface area (Å²) >= 11 is 0. The van der Waals surface area contributed by atoms with Gasteiger partial charge >= 0.3 is 0 Å². The van der Waals surface area contributed by atoms with E-state index in [0.29, 0.717) is 11.5 Å². The van der Waals surface area contributed by atoms with Gasteiger partial charge in [-0.2, -0.15) is 0 Å². The first-order valence-corrected chi connectivity index (χ1v) is 6.34. The molecule has 0 aliphatic carbocycles. The van der Waals surface area contributed by atoms with Crippen molar-refractivity contribution in [2.24, 2.45) is 11.7 Å². The molecule has 0 atom stereocenters. The second kappa shape index (κ2) is 5.82. The molecule has 5 nitrogen and oxygen atoms in total. The van der Waals surface area contributed by atoms with Crippen molar-refractivity contribution in [2.45, 2.75) is 12.8 Å². The Morgan fingerprint density at radius 3 is 2.94 bits per heavy atom. The third-order valence-electron chi connectivity index (χ3n) is 3.41. The van der Waals surface area contributed by atoms with Gasteiger partial charge in [-0.05, 0) is 44.0 Å². The van der Waals surface area contributed by atoms with Gasteiger partial charge < -0.3 is 16.0 Å². The van der Waals surface area contributed by atoms with Crippen LogP contribution < -0.4 is 16.0 Å². The average Bonchev–Trinajstić information content (AvgIpc) is 2.40. The fraction of sp³-hybridized carbons (Fsp3) is 0.538. The maximum atomic E-state index is 11.1. The molecule has 1 aliphatic rings. The first kappa shape index (κ1) is 12.8. The number of primary amides is 1. The molecule has 1 fully saturated rings. The number of piperidine rings is 1. The summed E-state index contributed by atoms with van der Waals surface area (Å²) < 4.78 is 0. The second-order valence-corrected chi connectivity index (χ2v) is 4.84. The van der Waals surface area contributed by atoms with Crippen LogP contribution in [0.2, 0.25) is 0 Å². The van der Waals surface area contributed by atoms with E-state index in [1.807, 2.05) is 7.05 Å². The van der Waals surface area contributed by atoms with Crippen molar-refractivity contribution in [3.8, 4) is 0 Å². The van der Waals surface area contributed by atoms with Gasteiger partial charge in [-0.3, -0.25) is 4.79 Å². The van der Waals surface area contributed by atoms with E-state index in [-0.39, 0.29) is 0 Å². The topological polar surface area (TPSA) is 71.2 Å². The number of hydrogen-bond acceptors (Lipinski definition) is 4. The van der Waals surface area contributed by atoms with E-state index in [4.69, 9.17) is 5.73 Å². The standard InChI is InChI=1S/C13H20N4O/c1-17(9-10-2-5-15-6-3-10)12-8-11(13(14)18)4-7-16-12/h4,7-8,10,15H,2-3,5-6,9H2,1H3,(H2,14,18). The summed E-state index contributed by atoms with van der Waals surface area (Å²) in [6.07, 6.45) is 4.02. The maximum Gasteiger partial charge on any atom is 0.248 e. The van der Waals surface area contributed by atoms with Gasteiger partial charge in [-0.25, -0.2) is 4.98 Å². The minimum Gasteiger partial charge on any atom is -0.366 e. The van der Waals surface area contributed by atoms with Crippen molar-refractivity contribution < 1.29 is 4.79 Å². The Hall–Kier alpha value is -1.62. The molecule has 2 rings (SSSR count). The number of nitrogens with zero attached hydrogens (tertiary/aromatic N) is 2. The number of rotatable bonds is 4. The van der Waals surface area contributed by atoms with Crippen LogP contribution in [-0.4, -0.2) is 37.6 Å². The van der Waals surface area contributed by atoms with Crippen LogP contribution in [0.25, 0.3) is 0 Å². The third-order valence-corrected chi connectivity index (χ3v) is 3.41. The zero-order valence-corrected chi connectivity index (χ0v) is 10.7. The van der Waals surface area contributed by atoms with Crippen LogP contribution in [0.4, 0.5) is 5.82 Å². The Morgan fingerprint density at radius 2 is 2.28 bits per heavy atom. The Morgan fingerprint density at radius 1 is 1.56 bits per heavy atom. The summed E-state index contributed by atoms with van der Waals surface area (Å²) in [7, 11) is 2.01. The van der Waals surface area contributed by atoms with Crippen molar-refractivity contribution in [3.05, 3.63) is 23.9 Å². The number of nitrogens with one attached hydrogen (secondary N) is 1. The van der Waals surface area contributed by atoms with Gasteiger partial charge in [0, 0.05) is 25.4 Å². The molecule has 0 aromatic carbocycles. The number of carbonyl (C=O) groups is 1. The third kappa shape index (κ3) is 3.20. The lowest BCUT2D eigenvalue weighted by atomic mass is 9.98. The molecule has 0 unspecified atom stereocenters. The first-order valence-electron chi connectivity index (χ1n) is 6.34. The molecule has 5 heteroatoms. The maximum absolute atomic E-state index is 11.1.